The minimum Gasteiger partial charge on any atom is -0.367 e. The number of carbonyl (C=O) groups is 1. The van der Waals surface area contributed by atoms with Crippen molar-refractivity contribution in [3.05, 3.63) is 108 Å². The van der Waals surface area contributed by atoms with Crippen molar-refractivity contribution in [2.75, 3.05) is 0 Å². The summed E-state index contributed by atoms with van der Waals surface area (Å²) in [6, 6.07) is 31.4. The first-order valence-corrected chi connectivity index (χ1v) is 12.0. The number of rotatable bonds is 6. The van der Waals surface area contributed by atoms with E-state index in [2.05, 4.69) is 100 Å². The van der Waals surface area contributed by atoms with Gasteiger partial charge in [0.05, 0.1) is 17.2 Å². The fraction of sp³-hybridized carbons (Fsp3) is 0.367. The lowest BCUT2D eigenvalue weighted by Crippen LogP contribution is -2.63. The fourth-order valence-corrected chi connectivity index (χ4v) is 5.60. The summed E-state index contributed by atoms with van der Waals surface area (Å²) in [5.74, 6) is -0.298. The summed E-state index contributed by atoms with van der Waals surface area (Å²) in [5, 5.41) is 1.86. The van der Waals surface area contributed by atoms with E-state index in [1.165, 1.54) is 6.92 Å². The Morgan fingerprint density at radius 2 is 1.09 bits per heavy atom. The van der Waals surface area contributed by atoms with Crippen LogP contribution in [0.4, 0.5) is 0 Å². The van der Waals surface area contributed by atoms with Gasteiger partial charge in [0, 0.05) is 6.92 Å². The molecule has 3 aromatic rings. The molecule has 1 fully saturated rings. The molecule has 1 aliphatic rings. The van der Waals surface area contributed by atoms with E-state index in [4.69, 9.17) is 9.57 Å². The Labute approximate surface area is 203 Å². The summed E-state index contributed by atoms with van der Waals surface area (Å²) in [6.07, 6.45) is 1.37. The minimum atomic E-state index is -0.774. The van der Waals surface area contributed by atoms with Gasteiger partial charge in [0.15, 0.2) is 0 Å². The molecule has 178 valence electrons. The van der Waals surface area contributed by atoms with Crippen LogP contribution in [0.3, 0.4) is 0 Å². The summed E-state index contributed by atoms with van der Waals surface area (Å²) in [5.41, 5.74) is 1.70. The van der Waals surface area contributed by atoms with Crippen molar-refractivity contribution in [1.29, 1.82) is 0 Å². The first-order chi connectivity index (χ1) is 16.1. The van der Waals surface area contributed by atoms with E-state index in [0.717, 1.165) is 29.5 Å². The molecule has 1 heterocycles. The maximum Gasteiger partial charge on any atom is 0.322 e. The number of ether oxygens (including phenoxy) is 1. The average molecular weight is 458 g/mol. The Morgan fingerprint density at radius 1 is 0.735 bits per heavy atom. The average Bonchev–Trinajstić information content (AvgIpc) is 2.81. The third kappa shape index (κ3) is 4.66. The smallest absolute Gasteiger partial charge is 0.322 e. The lowest BCUT2D eigenvalue weighted by Gasteiger charge is -2.54. The van der Waals surface area contributed by atoms with Crippen molar-refractivity contribution in [2.24, 2.45) is 0 Å². The maximum absolute atomic E-state index is 11.9. The van der Waals surface area contributed by atoms with Gasteiger partial charge in [-0.05, 0) is 57.2 Å². The van der Waals surface area contributed by atoms with Crippen LogP contribution in [0.15, 0.2) is 91.0 Å². The Balaban J connectivity index is 1.84. The number of piperidine rings is 1. The zero-order chi connectivity index (χ0) is 24.4. The number of hydrogen-bond donors (Lipinski definition) is 0. The normalized spacial score (nSPS) is 18.4. The zero-order valence-electron chi connectivity index (χ0n) is 20.8. The third-order valence-electron chi connectivity index (χ3n) is 6.66. The van der Waals surface area contributed by atoms with E-state index in [9.17, 15) is 4.79 Å². The van der Waals surface area contributed by atoms with Gasteiger partial charge in [-0.3, -0.25) is 4.79 Å². The topological polar surface area (TPSA) is 38.8 Å². The van der Waals surface area contributed by atoms with Crippen LogP contribution in [0.5, 0.6) is 0 Å². The molecule has 1 saturated heterocycles. The van der Waals surface area contributed by atoms with Crippen LogP contribution in [-0.4, -0.2) is 28.2 Å². The molecule has 0 amide bonds. The molecule has 0 N–H and O–H groups in total. The van der Waals surface area contributed by atoms with Crippen LogP contribution in [0.1, 0.15) is 64.2 Å². The highest BCUT2D eigenvalue weighted by atomic mass is 16.7. The molecule has 4 heteroatoms. The van der Waals surface area contributed by atoms with Gasteiger partial charge in [0.25, 0.3) is 0 Å². The van der Waals surface area contributed by atoms with Gasteiger partial charge in [-0.25, -0.2) is 0 Å². The molecule has 34 heavy (non-hydrogen) atoms. The van der Waals surface area contributed by atoms with E-state index >= 15 is 0 Å². The van der Waals surface area contributed by atoms with Gasteiger partial charge in [-0.1, -0.05) is 91.0 Å². The van der Waals surface area contributed by atoms with Crippen LogP contribution in [0, 0.1) is 0 Å². The molecular formula is C30H35NO3. The molecule has 1 aliphatic heterocycles. The summed E-state index contributed by atoms with van der Waals surface area (Å²) in [6.45, 7) is 9.91. The van der Waals surface area contributed by atoms with E-state index in [0.29, 0.717) is 0 Å². The molecule has 4 nitrogen and oxygen atoms in total. The van der Waals surface area contributed by atoms with Crippen molar-refractivity contribution in [1.82, 2.24) is 5.06 Å². The highest BCUT2D eigenvalue weighted by Crippen LogP contribution is 2.46. The molecule has 0 spiro atoms. The first-order valence-electron chi connectivity index (χ1n) is 12.0. The quantitative estimate of drug-likeness (QED) is 0.396. The summed E-state index contributed by atoms with van der Waals surface area (Å²) in [4.78, 5) is 17.6. The molecule has 4 rings (SSSR count). The van der Waals surface area contributed by atoms with Gasteiger partial charge in [0.1, 0.15) is 5.60 Å². The van der Waals surface area contributed by atoms with E-state index < -0.39 is 16.7 Å². The lowest BCUT2D eigenvalue weighted by molar-refractivity contribution is -0.281. The Kier molecular flexibility index (Phi) is 6.66. The second kappa shape index (κ2) is 9.36. The standard InChI is InChI=1S/C30H35NO3/c1-23(32)34-31-28(2,3)21-27(22-29(31,4)5)33-30(24-15-9-6-10-16-24,25-17-11-7-12-18-25)26-19-13-8-14-20-26/h6-20,27H,21-22H2,1-5H3. The maximum atomic E-state index is 11.9. The monoisotopic (exact) mass is 457 g/mol. The molecule has 0 radical (unpaired) electrons. The van der Waals surface area contributed by atoms with Crippen LogP contribution in [-0.2, 0) is 20.0 Å². The number of hydrogen-bond acceptors (Lipinski definition) is 4. The number of carbonyl (C=O) groups excluding carboxylic acids is 1. The molecule has 0 aliphatic carbocycles. The Morgan fingerprint density at radius 3 is 1.41 bits per heavy atom. The number of benzene rings is 3. The molecule has 0 aromatic heterocycles. The highest BCUT2D eigenvalue weighted by Gasteiger charge is 2.51. The summed E-state index contributed by atoms with van der Waals surface area (Å²) >= 11 is 0. The van der Waals surface area contributed by atoms with Crippen molar-refractivity contribution in [2.45, 2.75) is 70.2 Å². The van der Waals surface area contributed by atoms with Gasteiger partial charge < -0.3 is 9.57 Å². The van der Waals surface area contributed by atoms with Gasteiger partial charge >= 0.3 is 5.97 Å². The molecular weight excluding hydrogens is 422 g/mol. The Hall–Kier alpha value is -2.95. The van der Waals surface area contributed by atoms with Crippen molar-refractivity contribution in [3.8, 4) is 0 Å². The van der Waals surface area contributed by atoms with Crippen LogP contribution in [0.25, 0.3) is 0 Å². The second-order valence-electron chi connectivity index (χ2n) is 10.4. The van der Waals surface area contributed by atoms with Crippen LogP contribution < -0.4 is 0 Å². The lowest BCUT2D eigenvalue weighted by atomic mass is 9.77. The van der Waals surface area contributed by atoms with Crippen LogP contribution in [0.2, 0.25) is 0 Å². The molecule has 0 atom stereocenters. The molecule has 0 saturated carbocycles. The largest absolute Gasteiger partial charge is 0.367 e. The van der Waals surface area contributed by atoms with Crippen molar-refractivity contribution in [3.63, 3.8) is 0 Å². The predicted octanol–water partition coefficient (Wildman–Crippen LogP) is 6.49. The van der Waals surface area contributed by atoms with Crippen molar-refractivity contribution >= 4 is 5.97 Å². The predicted molar refractivity (Wildman–Crippen MR) is 135 cm³/mol. The zero-order valence-corrected chi connectivity index (χ0v) is 20.8. The minimum absolute atomic E-state index is 0.0718. The SMILES string of the molecule is CC(=O)ON1C(C)(C)CC(OC(c2ccccc2)(c2ccccc2)c2ccccc2)CC1(C)C. The summed E-state index contributed by atoms with van der Waals surface area (Å²) in [7, 11) is 0. The van der Waals surface area contributed by atoms with Gasteiger partial charge in [-0.2, -0.15) is 0 Å². The van der Waals surface area contributed by atoms with Crippen LogP contribution >= 0.6 is 0 Å². The molecule has 0 unspecified atom stereocenters. The molecule has 3 aromatic carbocycles. The van der Waals surface area contributed by atoms with Crippen molar-refractivity contribution < 1.29 is 14.4 Å². The number of hydroxylamine groups is 2. The highest BCUT2D eigenvalue weighted by molar-refractivity contribution is 5.65. The third-order valence-corrected chi connectivity index (χ3v) is 6.66. The van der Waals surface area contributed by atoms with Gasteiger partial charge in [0.2, 0.25) is 0 Å². The summed E-state index contributed by atoms with van der Waals surface area (Å²) < 4.78 is 7.29. The number of nitrogens with zero attached hydrogens (tertiary/aromatic N) is 1. The van der Waals surface area contributed by atoms with E-state index in [1.807, 2.05) is 23.3 Å². The molecule has 0 bridgehead atoms. The second-order valence-corrected chi connectivity index (χ2v) is 10.4. The van der Waals surface area contributed by atoms with E-state index in [1.54, 1.807) is 0 Å². The fourth-order valence-electron chi connectivity index (χ4n) is 5.60. The van der Waals surface area contributed by atoms with E-state index in [-0.39, 0.29) is 12.1 Å². The first kappa shape index (κ1) is 24.2. The Bertz CT molecular complexity index is 979. The van der Waals surface area contributed by atoms with Gasteiger partial charge in [-0.15, -0.1) is 5.06 Å².